The van der Waals surface area contributed by atoms with E-state index in [-0.39, 0.29) is 16.9 Å². The van der Waals surface area contributed by atoms with Crippen LogP contribution in [-0.4, -0.2) is 6.54 Å². The Morgan fingerprint density at radius 2 is 2.23 bits per heavy atom. The van der Waals surface area contributed by atoms with E-state index in [1.54, 1.807) is 12.1 Å². The van der Waals surface area contributed by atoms with E-state index in [0.29, 0.717) is 5.56 Å². The largest absolute Gasteiger partial charge is 0.310 e. The topological polar surface area (TPSA) is 12.0 Å². The Balaban J connectivity index is 2.46. The average Bonchev–Trinajstić information content (AvgIpc) is 2.02. The van der Waals surface area contributed by atoms with Crippen molar-refractivity contribution in [3.63, 3.8) is 0 Å². The van der Waals surface area contributed by atoms with E-state index in [9.17, 15) is 4.39 Å². The molecule has 1 heterocycles. The van der Waals surface area contributed by atoms with Crippen molar-refractivity contribution < 1.29 is 4.39 Å². The molecule has 70 valence electrons. The summed E-state index contributed by atoms with van der Waals surface area (Å²) in [5, 5.41) is 3.33. The van der Waals surface area contributed by atoms with Gasteiger partial charge in [-0.3, -0.25) is 0 Å². The number of hydrogen-bond acceptors (Lipinski definition) is 1. The molecule has 4 heteroatoms. The van der Waals surface area contributed by atoms with Crippen LogP contribution in [0.1, 0.15) is 18.0 Å². The zero-order chi connectivity index (χ0) is 9.42. The van der Waals surface area contributed by atoms with Crippen molar-refractivity contribution in [2.45, 2.75) is 12.5 Å². The van der Waals surface area contributed by atoms with Gasteiger partial charge >= 0.3 is 0 Å². The van der Waals surface area contributed by atoms with Crippen LogP contribution in [0.15, 0.2) is 16.6 Å². The van der Waals surface area contributed by atoms with Crippen LogP contribution in [0, 0.1) is 5.82 Å². The van der Waals surface area contributed by atoms with Crippen LogP contribution in [0.25, 0.3) is 0 Å². The fraction of sp³-hybridized carbons (Fsp3) is 0.333. The number of halogens is 3. The predicted octanol–water partition coefficient (Wildman–Crippen LogP) is 3.28. The lowest BCUT2D eigenvalue weighted by atomic mass is 9.97. The minimum absolute atomic E-state index is 0.119. The van der Waals surface area contributed by atoms with Crippen molar-refractivity contribution in [2.75, 3.05) is 6.54 Å². The molecule has 0 saturated carbocycles. The van der Waals surface area contributed by atoms with Crippen molar-refractivity contribution in [1.82, 2.24) is 5.32 Å². The molecule has 1 atom stereocenters. The van der Waals surface area contributed by atoms with E-state index in [4.69, 9.17) is 11.6 Å². The van der Waals surface area contributed by atoms with E-state index in [0.717, 1.165) is 17.4 Å². The summed E-state index contributed by atoms with van der Waals surface area (Å²) in [6.45, 7) is 0.947. The molecule has 1 aliphatic rings. The molecule has 1 aromatic carbocycles. The maximum atomic E-state index is 13.5. The molecule has 0 aromatic heterocycles. The number of benzene rings is 1. The van der Waals surface area contributed by atoms with Gasteiger partial charge in [-0.15, -0.1) is 0 Å². The van der Waals surface area contributed by atoms with Crippen LogP contribution in [0.3, 0.4) is 0 Å². The molecular formula is C9H8BrClFN. The zero-order valence-corrected chi connectivity index (χ0v) is 9.12. The highest BCUT2D eigenvalue weighted by atomic mass is 79.9. The Labute approximate surface area is 89.4 Å². The summed E-state index contributed by atoms with van der Waals surface area (Å²) in [5.41, 5.74) is 0.652. The summed E-state index contributed by atoms with van der Waals surface area (Å²) in [6.07, 6.45) is 0.968. The van der Waals surface area contributed by atoms with Gasteiger partial charge in [-0.2, -0.15) is 0 Å². The first-order valence-corrected chi connectivity index (χ1v) is 5.24. The number of rotatable bonds is 1. The van der Waals surface area contributed by atoms with Gasteiger partial charge in [0.15, 0.2) is 0 Å². The highest BCUT2D eigenvalue weighted by Crippen LogP contribution is 2.34. The second kappa shape index (κ2) is 3.56. The molecule has 0 spiro atoms. The lowest BCUT2D eigenvalue weighted by molar-refractivity contribution is 0.369. The SMILES string of the molecule is Fc1c(Cl)ccc(Br)c1C1CCN1. The molecule has 1 nitrogen and oxygen atoms in total. The smallest absolute Gasteiger partial charge is 0.147 e. The summed E-state index contributed by atoms with van der Waals surface area (Å²) in [7, 11) is 0. The van der Waals surface area contributed by atoms with Crippen molar-refractivity contribution in [1.29, 1.82) is 0 Å². The third-order valence-corrected chi connectivity index (χ3v) is 3.24. The van der Waals surface area contributed by atoms with Crippen LogP contribution in [0.2, 0.25) is 5.02 Å². The Hall–Kier alpha value is -0.120. The van der Waals surface area contributed by atoms with Crippen molar-refractivity contribution in [3.05, 3.63) is 33.0 Å². The van der Waals surface area contributed by atoms with E-state index in [1.807, 2.05) is 0 Å². The van der Waals surface area contributed by atoms with Crippen molar-refractivity contribution in [2.24, 2.45) is 0 Å². The highest BCUT2D eigenvalue weighted by Gasteiger charge is 2.25. The van der Waals surface area contributed by atoms with E-state index in [1.165, 1.54) is 0 Å². The standard InChI is InChI=1S/C9H8BrClFN/c10-5-1-2-6(11)9(12)8(5)7-3-4-13-7/h1-2,7,13H,3-4H2. The summed E-state index contributed by atoms with van der Waals surface area (Å²) < 4.78 is 14.3. The van der Waals surface area contributed by atoms with E-state index in [2.05, 4.69) is 21.2 Å². The molecule has 1 aliphatic heterocycles. The molecule has 0 aliphatic carbocycles. The van der Waals surface area contributed by atoms with Gasteiger partial charge < -0.3 is 5.32 Å². The van der Waals surface area contributed by atoms with Crippen LogP contribution >= 0.6 is 27.5 Å². The van der Waals surface area contributed by atoms with Gasteiger partial charge in [-0.1, -0.05) is 27.5 Å². The quantitative estimate of drug-likeness (QED) is 0.768. The maximum absolute atomic E-state index is 13.5. The number of nitrogens with one attached hydrogen (secondary N) is 1. The van der Waals surface area contributed by atoms with Crippen molar-refractivity contribution >= 4 is 27.5 Å². The van der Waals surface area contributed by atoms with Gasteiger partial charge in [-0.25, -0.2) is 4.39 Å². The lowest BCUT2D eigenvalue weighted by Gasteiger charge is -2.29. The van der Waals surface area contributed by atoms with Crippen LogP contribution in [-0.2, 0) is 0 Å². The summed E-state index contributed by atoms with van der Waals surface area (Å²) in [5.74, 6) is -0.312. The van der Waals surface area contributed by atoms with E-state index >= 15 is 0 Å². The summed E-state index contributed by atoms with van der Waals surface area (Å²) in [4.78, 5) is 0. The molecular weight excluding hydrogens is 256 g/mol. The molecule has 1 unspecified atom stereocenters. The Bertz CT molecular complexity index is 339. The first kappa shape index (κ1) is 9.44. The Morgan fingerprint density at radius 3 is 2.77 bits per heavy atom. The van der Waals surface area contributed by atoms with Gasteiger partial charge in [0.2, 0.25) is 0 Å². The second-order valence-electron chi connectivity index (χ2n) is 3.05. The molecule has 2 rings (SSSR count). The lowest BCUT2D eigenvalue weighted by Crippen LogP contribution is -2.35. The van der Waals surface area contributed by atoms with Gasteiger partial charge in [0.25, 0.3) is 0 Å². The molecule has 1 saturated heterocycles. The van der Waals surface area contributed by atoms with Gasteiger partial charge in [-0.05, 0) is 25.1 Å². The van der Waals surface area contributed by atoms with Crippen LogP contribution < -0.4 is 5.32 Å². The van der Waals surface area contributed by atoms with Gasteiger partial charge in [0.05, 0.1) is 5.02 Å². The van der Waals surface area contributed by atoms with Gasteiger partial charge in [0, 0.05) is 16.1 Å². The minimum Gasteiger partial charge on any atom is -0.310 e. The maximum Gasteiger partial charge on any atom is 0.147 e. The third kappa shape index (κ3) is 1.60. The van der Waals surface area contributed by atoms with Gasteiger partial charge in [0.1, 0.15) is 5.82 Å². The monoisotopic (exact) mass is 263 g/mol. The first-order chi connectivity index (χ1) is 6.20. The molecule has 1 N–H and O–H groups in total. The molecule has 1 aromatic rings. The van der Waals surface area contributed by atoms with Crippen LogP contribution in [0.5, 0.6) is 0 Å². The molecule has 1 fully saturated rings. The molecule has 0 bridgehead atoms. The van der Waals surface area contributed by atoms with E-state index < -0.39 is 0 Å². The second-order valence-corrected chi connectivity index (χ2v) is 4.31. The van der Waals surface area contributed by atoms with Crippen molar-refractivity contribution in [3.8, 4) is 0 Å². The predicted molar refractivity (Wildman–Crippen MR) is 54.5 cm³/mol. The zero-order valence-electron chi connectivity index (χ0n) is 6.78. The first-order valence-electron chi connectivity index (χ1n) is 4.07. The Kier molecular flexibility index (Phi) is 2.58. The van der Waals surface area contributed by atoms with Crippen LogP contribution in [0.4, 0.5) is 4.39 Å². The normalized spacial score (nSPS) is 21.3. The summed E-state index contributed by atoms with van der Waals surface area (Å²) in [6, 6.07) is 3.46. The highest BCUT2D eigenvalue weighted by molar-refractivity contribution is 9.10. The molecule has 13 heavy (non-hydrogen) atoms. The fourth-order valence-corrected chi connectivity index (χ4v) is 2.14. The molecule has 0 amide bonds. The fourth-order valence-electron chi connectivity index (χ4n) is 1.40. The third-order valence-electron chi connectivity index (χ3n) is 2.25. The minimum atomic E-state index is -0.312. The Morgan fingerprint density at radius 1 is 1.54 bits per heavy atom. The number of hydrogen-bond donors (Lipinski definition) is 1. The summed E-state index contributed by atoms with van der Waals surface area (Å²) >= 11 is 9.01. The average molecular weight is 265 g/mol. The molecule has 0 radical (unpaired) electrons.